The monoisotopic (exact) mass is 258 g/mol. The molecule has 0 aliphatic heterocycles. The SMILES string of the molecule is O=C(CCNC1CC1)Nc1cccc2c1CCCC2. The molecule has 2 aliphatic carbocycles. The molecule has 1 fully saturated rings. The van der Waals surface area contributed by atoms with Gasteiger partial charge in [-0.15, -0.1) is 0 Å². The molecule has 0 radical (unpaired) electrons. The van der Waals surface area contributed by atoms with Crippen LogP contribution < -0.4 is 10.6 Å². The first-order valence-corrected chi connectivity index (χ1v) is 7.47. The van der Waals surface area contributed by atoms with E-state index in [1.54, 1.807) is 0 Å². The number of nitrogens with one attached hydrogen (secondary N) is 2. The molecule has 0 aromatic heterocycles. The summed E-state index contributed by atoms with van der Waals surface area (Å²) in [5.74, 6) is 0.132. The molecular weight excluding hydrogens is 236 g/mol. The Labute approximate surface area is 114 Å². The maximum atomic E-state index is 11.9. The summed E-state index contributed by atoms with van der Waals surface area (Å²) in [5.41, 5.74) is 3.81. The fraction of sp³-hybridized carbons (Fsp3) is 0.562. The molecule has 0 atom stereocenters. The summed E-state index contributed by atoms with van der Waals surface area (Å²) in [4.78, 5) is 11.9. The summed E-state index contributed by atoms with van der Waals surface area (Å²) in [6.07, 6.45) is 7.88. The summed E-state index contributed by atoms with van der Waals surface area (Å²) in [7, 11) is 0. The maximum Gasteiger partial charge on any atom is 0.225 e. The van der Waals surface area contributed by atoms with Crippen molar-refractivity contribution in [2.75, 3.05) is 11.9 Å². The third-order valence-corrected chi connectivity index (χ3v) is 4.03. The van der Waals surface area contributed by atoms with Crippen LogP contribution in [-0.4, -0.2) is 18.5 Å². The van der Waals surface area contributed by atoms with Crippen LogP contribution in [0.5, 0.6) is 0 Å². The fourth-order valence-electron chi connectivity index (χ4n) is 2.79. The van der Waals surface area contributed by atoms with E-state index in [4.69, 9.17) is 0 Å². The third-order valence-electron chi connectivity index (χ3n) is 4.03. The first-order valence-electron chi connectivity index (χ1n) is 7.47. The number of aryl methyl sites for hydroxylation is 1. The topological polar surface area (TPSA) is 41.1 Å². The molecular formula is C16H22N2O. The van der Waals surface area contributed by atoms with Crippen molar-refractivity contribution in [3.8, 4) is 0 Å². The van der Waals surface area contributed by atoms with E-state index >= 15 is 0 Å². The lowest BCUT2D eigenvalue weighted by atomic mass is 9.90. The Balaban J connectivity index is 1.57. The second kappa shape index (κ2) is 5.74. The fourth-order valence-corrected chi connectivity index (χ4v) is 2.79. The highest BCUT2D eigenvalue weighted by Gasteiger charge is 2.20. The van der Waals surface area contributed by atoms with Crippen molar-refractivity contribution >= 4 is 11.6 Å². The van der Waals surface area contributed by atoms with E-state index in [0.29, 0.717) is 12.5 Å². The average molecular weight is 258 g/mol. The molecule has 102 valence electrons. The Morgan fingerprint density at radius 2 is 2.05 bits per heavy atom. The van der Waals surface area contributed by atoms with Gasteiger partial charge in [-0.2, -0.15) is 0 Å². The standard InChI is InChI=1S/C16H22N2O/c19-16(10-11-17-13-8-9-13)18-15-7-3-5-12-4-1-2-6-14(12)15/h3,5,7,13,17H,1-2,4,6,8-11H2,(H,18,19). The second-order valence-corrected chi connectivity index (χ2v) is 5.68. The van der Waals surface area contributed by atoms with Gasteiger partial charge in [0.05, 0.1) is 0 Å². The molecule has 1 amide bonds. The van der Waals surface area contributed by atoms with E-state index in [2.05, 4.69) is 22.8 Å². The summed E-state index contributed by atoms with van der Waals surface area (Å²) >= 11 is 0. The number of amides is 1. The highest BCUT2D eigenvalue weighted by atomic mass is 16.1. The zero-order valence-electron chi connectivity index (χ0n) is 11.4. The van der Waals surface area contributed by atoms with Crippen LogP contribution in [0, 0.1) is 0 Å². The van der Waals surface area contributed by atoms with Gasteiger partial charge >= 0.3 is 0 Å². The highest BCUT2D eigenvalue weighted by Crippen LogP contribution is 2.27. The van der Waals surface area contributed by atoms with Gasteiger partial charge in [0.1, 0.15) is 0 Å². The van der Waals surface area contributed by atoms with E-state index in [0.717, 1.165) is 25.1 Å². The Bertz CT molecular complexity index is 466. The van der Waals surface area contributed by atoms with Gasteiger partial charge in [0.15, 0.2) is 0 Å². The van der Waals surface area contributed by atoms with Gasteiger partial charge in [-0.3, -0.25) is 4.79 Å². The minimum Gasteiger partial charge on any atom is -0.326 e. The summed E-state index contributed by atoms with van der Waals surface area (Å²) in [6.45, 7) is 0.797. The van der Waals surface area contributed by atoms with E-state index in [1.165, 1.54) is 36.8 Å². The molecule has 0 bridgehead atoms. The van der Waals surface area contributed by atoms with Crippen molar-refractivity contribution in [3.63, 3.8) is 0 Å². The van der Waals surface area contributed by atoms with Crippen LogP contribution in [0.1, 0.15) is 43.2 Å². The molecule has 0 heterocycles. The predicted octanol–water partition coefficient (Wildman–Crippen LogP) is 2.65. The molecule has 1 aromatic rings. The lowest BCUT2D eigenvalue weighted by Crippen LogP contribution is -2.23. The molecule has 2 aliphatic rings. The molecule has 0 unspecified atom stereocenters. The van der Waals surface area contributed by atoms with Gasteiger partial charge in [0, 0.05) is 24.7 Å². The van der Waals surface area contributed by atoms with Crippen molar-refractivity contribution in [3.05, 3.63) is 29.3 Å². The zero-order chi connectivity index (χ0) is 13.1. The summed E-state index contributed by atoms with van der Waals surface area (Å²) in [5, 5.41) is 6.46. The zero-order valence-corrected chi connectivity index (χ0v) is 11.4. The number of hydrogen-bond acceptors (Lipinski definition) is 2. The van der Waals surface area contributed by atoms with E-state index in [9.17, 15) is 4.79 Å². The molecule has 3 heteroatoms. The van der Waals surface area contributed by atoms with Crippen LogP contribution >= 0.6 is 0 Å². The predicted molar refractivity (Wildman–Crippen MR) is 77.4 cm³/mol. The van der Waals surface area contributed by atoms with Crippen LogP contribution in [0.4, 0.5) is 5.69 Å². The van der Waals surface area contributed by atoms with Crippen molar-refractivity contribution in [2.45, 2.75) is 51.0 Å². The molecule has 1 saturated carbocycles. The van der Waals surface area contributed by atoms with Crippen molar-refractivity contribution in [2.24, 2.45) is 0 Å². The average Bonchev–Trinajstić information content (AvgIpc) is 3.23. The Morgan fingerprint density at radius 3 is 2.89 bits per heavy atom. The van der Waals surface area contributed by atoms with Gasteiger partial charge < -0.3 is 10.6 Å². The molecule has 3 rings (SSSR count). The number of carbonyl (C=O) groups excluding carboxylic acids is 1. The van der Waals surface area contributed by atoms with E-state index < -0.39 is 0 Å². The molecule has 0 saturated heterocycles. The van der Waals surface area contributed by atoms with Gasteiger partial charge in [0.25, 0.3) is 0 Å². The van der Waals surface area contributed by atoms with E-state index in [-0.39, 0.29) is 5.91 Å². The highest BCUT2D eigenvalue weighted by molar-refractivity contribution is 5.91. The summed E-state index contributed by atoms with van der Waals surface area (Å²) < 4.78 is 0. The number of anilines is 1. The quantitative estimate of drug-likeness (QED) is 0.852. The summed E-state index contributed by atoms with van der Waals surface area (Å²) in [6, 6.07) is 6.97. The van der Waals surface area contributed by atoms with Gasteiger partial charge in [0.2, 0.25) is 5.91 Å². The minimum atomic E-state index is 0.132. The number of rotatable bonds is 5. The lowest BCUT2D eigenvalue weighted by molar-refractivity contribution is -0.116. The van der Waals surface area contributed by atoms with Crippen LogP contribution in [-0.2, 0) is 17.6 Å². The number of benzene rings is 1. The van der Waals surface area contributed by atoms with Gasteiger partial charge in [-0.1, -0.05) is 12.1 Å². The molecule has 0 spiro atoms. The van der Waals surface area contributed by atoms with Crippen molar-refractivity contribution in [1.82, 2.24) is 5.32 Å². The van der Waals surface area contributed by atoms with Crippen LogP contribution in [0.3, 0.4) is 0 Å². The minimum absolute atomic E-state index is 0.132. The Kier molecular flexibility index (Phi) is 3.83. The number of fused-ring (bicyclic) bond motifs is 1. The molecule has 19 heavy (non-hydrogen) atoms. The van der Waals surface area contributed by atoms with Gasteiger partial charge in [-0.25, -0.2) is 0 Å². The first kappa shape index (κ1) is 12.7. The van der Waals surface area contributed by atoms with Crippen LogP contribution in [0.15, 0.2) is 18.2 Å². The van der Waals surface area contributed by atoms with Crippen LogP contribution in [0.25, 0.3) is 0 Å². The van der Waals surface area contributed by atoms with Crippen LogP contribution in [0.2, 0.25) is 0 Å². The number of carbonyl (C=O) groups is 1. The molecule has 3 nitrogen and oxygen atoms in total. The Hall–Kier alpha value is -1.35. The third kappa shape index (κ3) is 3.35. The second-order valence-electron chi connectivity index (χ2n) is 5.68. The lowest BCUT2D eigenvalue weighted by Gasteiger charge is -2.19. The smallest absolute Gasteiger partial charge is 0.225 e. The van der Waals surface area contributed by atoms with E-state index in [1.807, 2.05) is 6.07 Å². The largest absolute Gasteiger partial charge is 0.326 e. The molecule has 2 N–H and O–H groups in total. The first-order chi connectivity index (χ1) is 9.33. The normalized spacial score (nSPS) is 17.9. The van der Waals surface area contributed by atoms with Crippen molar-refractivity contribution in [1.29, 1.82) is 0 Å². The Morgan fingerprint density at radius 1 is 1.21 bits per heavy atom. The molecule has 1 aromatic carbocycles. The van der Waals surface area contributed by atoms with Gasteiger partial charge in [-0.05, 0) is 55.7 Å². The van der Waals surface area contributed by atoms with Crippen molar-refractivity contribution < 1.29 is 4.79 Å². The number of hydrogen-bond donors (Lipinski definition) is 2. The maximum absolute atomic E-state index is 11.9.